The van der Waals surface area contributed by atoms with Crippen LogP contribution in [0, 0.1) is 20.8 Å². The fourth-order valence-corrected chi connectivity index (χ4v) is 4.67. The standard InChI is InChI=1S/C26H30N2O5S/c1-19-5-13-25(14-6-19)34(30,31)28(22-8-11-23(32-4)12-9-22)18-26(29)27-15-16-33-24-10-7-20(2)21(3)17-24/h5-14,17H,15-16,18H2,1-4H3,(H,27,29). The van der Waals surface area contributed by atoms with Crippen molar-refractivity contribution in [3.8, 4) is 11.5 Å². The van der Waals surface area contributed by atoms with Gasteiger partial charge in [-0.05, 0) is 80.4 Å². The van der Waals surface area contributed by atoms with Gasteiger partial charge in [0.2, 0.25) is 5.91 Å². The van der Waals surface area contributed by atoms with Gasteiger partial charge in [-0.3, -0.25) is 9.10 Å². The maximum absolute atomic E-state index is 13.4. The monoisotopic (exact) mass is 482 g/mol. The largest absolute Gasteiger partial charge is 0.497 e. The van der Waals surface area contributed by atoms with Crippen LogP contribution in [0.2, 0.25) is 0 Å². The molecule has 0 aliphatic carbocycles. The minimum atomic E-state index is -3.97. The first-order valence-corrected chi connectivity index (χ1v) is 12.3. The molecule has 0 bridgehead atoms. The van der Waals surface area contributed by atoms with Gasteiger partial charge in [-0.25, -0.2) is 8.42 Å². The second-order valence-corrected chi connectivity index (χ2v) is 9.83. The van der Waals surface area contributed by atoms with Crippen LogP contribution in [-0.4, -0.2) is 41.1 Å². The number of ether oxygens (including phenoxy) is 2. The molecule has 0 fully saturated rings. The molecule has 0 heterocycles. The summed E-state index contributed by atoms with van der Waals surface area (Å²) in [4.78, 5) is 12.8. The lowest BCUT2D eigenvalue weighted by molar-refractivity contribution is -0.119. The summed E-state index contributed by atoms with van der Waals surface area (Å²) in [6.45, 7) is 6.05. The zero-order chi connectivity index (χ0) is 24.7. The number of aryl methyl sites for hydroxylation is 3. The SMILES string of the molecule is COc1ccc(N(CC(=O)NCCOc2ccc(C)c(C)c2)S(=O)(=O)c2ccc(C)cc2)cc1. The number of hydrogen-bond acceptors (Lipinski definition) is 5. The summed E-state index contributed by atoms with van der Waals surface area (Å²) in [6, 6.07) is 18.9. The summed E-state index contributed by atoms with van der Waals surface area (Å²) in [7, 11) is -2.44. The quantitative estimate of drug-likeness (QED) is 0.442. The Morgan fingerprint density at radius 2 is 1.53 bits per heavy atom. The number of sulfonamides is 1. The average Bonchev–Trinajstić information content (AvgIpc) is 2.83. The highest BCUT2D eigenvalue weighted by Gasteiger charge is 2.27. The minimum Gasteiger partial charge on any atom is -0.497 e. The number of methoxy groups -OCH3 is 1. The van der Waals surface area contributed by atoms with Crippen LogP contribution in [0.3, 0.4) is 0 Å². The highest BCUT2D eigenvalue weighted by molar-refractivity contribution is 7.92. The number of benzene rings is 3. The van der Waals surface area contributed by atoms with Gasteiger partial charge in [0.05, 0.1) is 24.2 Å². The average molecular weight is 483 g/mol. The van der Waals surface area contributed by atoms with Crippen LogP contribution in [0.15, 0.2) is 71.6 Å². The number of rotatable bonds is 10. The Morgan fingerprint density at radius 1 is 0.882 bits per heavy atom. The summed E-state index contributed by atoms with van der Waals surface area (Å²) in [5, 5.41) is 2.74. The second-order valence-electron chi connectivity index (χ2n) is 7.97. The first-order valence-electron chi connectivity index (χ1n) is 10.9. The normalized spacial score (nSPS) is 11.1. The molecule has 0 aromatic heterocycles. The molecular weight excluding hydrogens is 452 g/mol. The van der Waals surface area contributed by atoms with E-state index in [0.29, 0.717) is 11.4 Å². The van der Waals surface area contributed by atoms with E-state index in [2.05, 4.69) is 5.32 Å². The molecule has 0 unspecified atom stereocenters. The molecular formula is C26H30N2O5S. The molecule has 0 saturated heterocycles. The predicted octanol–water partition coefficient (Wildman–Crippen LogP) is 4.01. The van der Waals surface area contributed by atoms with Gasteiger partial charge in [-0.2, -0.15) is 0 Å². The molecule has 3 rings (SSSR count). The number of nitrogens with zero attached hydrogens (tertiary/aromatic N) is 1. The Morgan fingerprint density at radius 3 is 2.15 bits per heavy atom. The van der Waals surface area contributed by atoms with E-state index in [-0.39, 0.29) is 24.6 Å². The lowest BCUT2D eigenvalue weighted by atomic mass is 10.1. The van der Waals surface area contributed by atoms with Gasteiger partial charge < -0.3 is 14.8 Å². The van der Waals surface area contributed by atoms with Crippen LogP contribution in [0.25, 0.3) is 0 Å². The predicted molar refractivity (Wildman–Crippen MR) is 133 cm³/mol. The molecule has 0 spiro atoms. The third-order valence-electron chi connectivity index (χ3n) is 5.43. The van der Waals surface area contributed by atoms with Gasteiger partial charge in [0.25, 0.3) is 10.0 Å². The lowest BCUT2D eigenvalue weighted by Gasteiger charge is -2.24. The summed E-state index contributed by atoms with van der Waals surface area (Å²) < 4.78 is 38.8. The molecule has 0 atom stereocenters. The highest BCUT2D eigenvalue weighted by Crippen LogP contribution is 2.26. The van der Waals surface area contributed by atoms with Crippen molar-refractivity contribution in [2.75, 3.05) is 31.1 Å². The number of carbonyl (C=O) groups excluding carboxylic acids is 1. The fraction of sp³-hybridized carbons (Fsp3) is 0.269. The smallest absolute Gasteiger partial charge is 0.264 e. The van der Waals surface area contributed by atoms with E-state index in [4.69, 9.17) is 9.47 Å². The van der Waals surface area contributed by atoms with E-state index in [1.165, 1.54) is 24.8 Å². The van der Waals surface area contributed by atoms with Crippen molar-refractivity contribution < 1.29 is 22.7 Å². The molecule has 180 valence electrons. The lowest BCUT2D eigenvalue weighted by Crippen LogP contribution is -2.41. The maximum atomic E-state index is 13.4. The van der Waals surface area contributed by atoms with Crippen LogP contribution < -0.4 is 19.1 Å². The van der Waals surface area contributed by atoms with E-state index in [1.54, 1.807) is 36.4 Å². The number of nitrogens with one attached hydrogen (secondary N) is 1. The first-order chi connectivity index (χ1) is 16.2. The maximum Gasteiger partial charge on any atom is 0.264 e. The van der Waals surface area contributed by atoms with Gasteiger partial charge in [0.1, 0.15) is 24.7 Å². The third kappa shape index (κ3) is 6.29. The molecule has 3 aromatic rings. The number of amides is 1. The van der Waals surface area contributed by atoms with Crippen molar-refractivity contribution in [3.63, 3.8) is 0 Å². The molecule has 0 saturated carbocycles. The Labute approximate surface area is 201 Å². The molecule has 3 aromatic carbocycles. The van der Waals surface area contributed by atoms with E-state index in [9.17, 15) is 13.2 Å². The Balaban J connectivity index is 1.70. The van der Waals surface area contributed by atoms with Crippen molar-refractivity contribution in [2.45, 2.75) is 25.7 Å². The van der Waals surface area contributed by atoms with Gasteiger partial charge in [0, 0.05) is 0 Å². The highest BCUT2D eigenvalue weighted by atomic mass is 32.2. The molecule has 0 aliphatic heterocycles. The van der Waals surface area contributed by atoms with Crippen molar-refractivity contribution in [2.24, 2.45) is 0 Å². The van der Waals surface area contributed by atoms with Crippen molar-refractivity contribution >= 4 is 21.6 Å². The number of hydrogen-bond donors (Lipinski definition) is 1. The molecule has 0 radical (unpaired) electrons. The molecule has 1 N–H and O–H groups in total. The van der Waals surface area contributed by atoms with Crippen molar-refractivity contribution in [1.29, 1.82) is 0 Å². The van der Waals surface area contributed by atoms with Crippen molar-refractivity contribution in [1.82, 2.24) is 5.32 Å². The molecule has 1 amide bonds. The first kappa shape index (κ1) is 25.1. The number of carbonyl (C=O) groups is 1. The Kier molecular flexibility index (Phi) is 8.17. The number of anilines is 1. The van der Waals surface area contributed by atoms with Crippen LogP contribution in [0.4, 0.5) is 5.69 Å². The van der Waals surface area contributed by atoms with Gasteiger partial charge in [-0.15, -0.1) is 0 Å². The zero-order valence-electron chi connectivity index (χ0n) is 19.9. The van der Waals surface area contributed by atoms with Gasteiger partial charge in [-0.1, -0.05) is 23.8 Å². The summed E-state index contributed by atoms with van der Waals surface area (Å²) in [6.07, 6.45) is 0. The van der Waals surface area contributed by atoms with Crippen LogP contribution in [0.1, 0.15) is 16.7 Å². The second kappa shape index (κ2) is 11.1. The Hall–Kier alpha value is -3.52. The van der Waals surface area contributed by atoms with E-state index in [0.717, 1.165) is 21.2 Å². The molecule has 34 heavy (non-hydrogen) atoms. The van der Waals surface area contributed by atoms with Crippen molar-refractivity contribution in [3.05, 3.63) is 83.4 Å². The molecule has 0 aliphatic rings. The Bertz CT molecular complexity index is 1220. The van der Waals surface area contributed by atoms with E-state index < -0.39 is 15.9 Å². The third-order valence-corrected chi connectivity index (χ3v) is 7.22. The topological polar surface area (TPSA) is 84.9 Å². The minimum absolute atomic E-state index is 0.111. The molecule has 8 heteroatoms. The summed E-state index contributed by atoms with van der Waals surface area (Å²) >= 11 is 0. The summed E-state index contributed by atoms with van der Waals surface area (Å²) in [5.41, 5.74) is 3.60. The fourth-order valence-electron chi connectivity index (χ4n) is 3.25. The van der Waals surface area contributed by atoms with Crippen LogP contribution in [0.5, 0.6) is 11.5 Å². The van der Waals surface area contributed by atoms with Crippen LogP contribution in [-0.2, 0) is 14.8 Å². The summed E-state index contributed by atoms with van der Waals surface area (Å²) in [5.74, 6) is 0.874. The van der Waals surface area contributed by atoms with E-state index >= 15 is 0 Å². The van der Waals surface area contributed by atoms with Crippen LogP contribution >= 0.6 is 0 Å². The van der Waals surface area contributed by atoms with Gasteiger partial charge >= 0.3 is 0 Å². The molecule has 7 nitrogen and oxygen atoms in total. The van der Waals surface area contributed by atoms with Gasteiger partial charge in [0.15, 0.2) is 0 Å². The zero-order valence-corrected chi connectivity index (χ0v) is 20.7. The van der Waals surface area contributed by atoms with E-state index in [1.807, 2.05) is 39.0 Å².